The summed E-state index contributed by atoms with van der Waals surface area (Å²) in [4.78, 5) is 8.68. The minimum absolute atomic E-state index is 0.826. The van der Waals surface area contributed by atoms with Gasteiger partial charge in [0, 0.05) is 18.9 Å². The van der Waals surface area contributed by atoms with E-state index in [0.717, 1.165) is 29.0 Å². The van der Waals surface area contributed by atoms with E-state index in [4.69, 9.17) is 0 Å². The molecule has 78 valence electrons. The Morgan fingerprint density at radius 3 is 1.60 bits per heavy atom. The van der Waals surface area contributed by atoms with Crippen LogP contribution in [0.5, 0.6) is 0 Å². The molecule has 0 N–H and O–H groups in total. The van der Waals surface area contributed by atoms with Crippen LogP contribution >= 0.6 is 0 Å². The van der Waals surface area contributed by atoms with Gasteiger partial charge in [-0.15, -0.1) is 0 Å². The van der Waals surface area contributed by atoms with Crippen LogP contribution in [-0.4, -0.2) is 12.4 Å². The standard InChI is InChI=1S/C13H16N2/c1-5-10-9-11(6-2)13(15-8-4)12(10)14-7-3/h5-8H,1-2,9H2,3-4H3. The van der Waals surface area contributed by atoms with Crippen LogP contribution in [0.2, 0.25) is 0 Å². The van der Waals surface area contributed by atoms with E-state index in [1.165, 1.54) is 0 Å². The van der Waals surface area contributed by atoms with Gasteiger partial charge < -0.3 is 0 Å². The largest absolute Gasteiger partial charge is 0.259 e. The first-order valence-corrected chi connectivity index (χ1v) is 4.97. The Bertz CT molecular complexity index is 355. The van der Waals surface area contributed by atoms with Crippen LogP contribution in [0.4, 0.5) is 0 Å². The van der Waals surface area contributed by atoms with Gasteiger partial charge in [0.05, 0.1) is 11.4 Å². The fraction of sp³-hybridized carbons (Fsp3) is 0.231. The second-order valence-electron chi connectivity index (χ2n) is 3.11. The summed E-state index contributed by atoms with van der Waals surface area (Å²) < 4.78 is 0. The van der Waals surface area contributed by atoms with E-state index in [0.29, 0.717) is 0 Å². The van der Waals surface area contributed by atoms with Gasteiger partial charge in [0.2, 0.25) is 0 Å². The van der Waals surface area contributed by atoms with Gasteiger partial charge in [-0.25, -0.2) is 0 Å². The number of aliphatic imine (C=N–C) groups is 2. The van der Waals surface area contributed by atoms with Gasteiger partial charge in [-0.2, -0.15) is 0 Å². The first-order chi connectivity index (χ1) is 7.28. The molecule has 0 saturated carbocycles. The summed E-state index contributed by atoms with van der Waals surface area (Å²) in [5, 5.41) is 0. The monoisotopic (exact) mass is 200 g/mol. The molecule has 0 unspecified atom stereocenters. The predicted octanol–water partition coefficient (Wildman–Crippen LogP) is 3.45. The lowest BCUT2D eigenvalue weighted by molar-refractivity contribution is 1.24. The fourth-order valence-electron chi connectivity index (χ4n) is 1.56. The van der Waals surface area contributed by atoms with Crippen molar-refractivity contribution in [1.29, 1.82) is 0 Å². The molecule has 15 heavy (non-hydrogen) atoms. The third-order valence-electron chi connectivity index (χ3n) is 2.22. The number of hydrogen-bond donors (Lipinski definition) is 0. The molecule has 0 aromatic heterocycles. The molecular weight excluding hydrogens is 184 g/mol. The quantitative estimate of drug-likeness (QED) is 0.621. The van der Waals surface area contributed by atoms with E-state index in [-0.39, 0.29) is 0 Å². The highest BCUT2D eigenvalue weighted by Crippen LogP contribution is 2.34. The van der Waals surface area contributed by atoms with E-state index in [1.807, 2.05) is 26.0 Å². The smallest absolute Gasteiger partial charge is 0.0919 e. The van der Waals surface area contributed by atoms with Crippen LogP contribution in [0.1, 0.15) is 20.3 Å². The van der Waals surface area contributed by atoms with Crippen molar-refractivity contribution in [3.8, 4) is 0 Å². The Morgan fingerprint density at radius 1 is 0.933 bits per heavy atom. The van der Waals surface area contributed by atoms with Gasteiger partial charge in [0.1, 0.15) is 0 Å². The van der Waals surface area contributed by atoms with Crippen molar-refractivity contribution in [2.24, 2.45) is 9.98 Å². The molecule has 0 aromatic rings. The average molecular weight is 200 g/mol. The van der Waals surface area contributed by atoms with E-state index in [9.17, 15) is 0 Å². The number of rotatable bonds is 4. The molecule has 1 aliphatic carbocycles. The Morgan fingerprint density at radius 2 is 1.33 bits per heavy atom. The minimum Gasteiger partial charge on any atom is -0.259 e. The van der Waals surface area contributed by atoms with Gasteiger partial charge in [-0.05, 0) is 25.0 Å². The minimum atomic E-state index is 0.826. The zero-order chi connectivity index (χ0) is 11.3. The SMILES string of the molecule is C=CC1=C(N=CC)C(N=CC)=C(C=C)C1. The summed E-state index contributed by atoms with van der Waals surface area (Å²) in [5.74, 6) is 0. The lowest BCUT2D eigenvalue weighted by Crippen LogP contribution is -1.84. The zero-order valence-corrected chi connectivity index (χ0v) is 9.33. The Balaban J connectivity index is 3.26. The van der Waals surface area contributed by atoms with Crippen molar-refractivity contribution in [2.75, 3.05) is 0 Å². The summed E-state index contributed by atoms with van der Waals surface area (Å²) in [6.07, 6.45) is 8.05. The van der Waals surface area contributed by atoms with E-state index in [1.54, 1.807) is 12.4 Å². The zero-order valence-electron chi connectivity index (χ0n) is 9.33. The summed E-state index contributed by atoms with van der Waals surface area (Å²) >= 11 is 0. The maximum absolute atomic E-state index is 4.34. The lowest BCUT2D eigenvalue weighted by Gasteiger charge is -1.99. The van der Waals surface area contributed by atoms with Crippen LogP contribution in [0.15, 0.2) is 57.8 Å². The molecule has 0 spiro atoms. The molecular formula is C13H16N2. The molecule has 0 fully saturated rings. The molecule has 0 heterocycles. The van der Waals surface area contributed by atoms with Gasteiger partial charge >= 0.3 is 0 Å². The average Bonchev–Trinajstić information content (AvgIpc) is 2.58. The maximum atomic E-state index is 4.34. The van der Waals surface area contributed by atoms with E-state index >= 15 is 0 Å². The van der Waals surface area contributed by atoms with Crippen LogP contribution in [0, 0.1) is 0 Å². The Hall–Kier alpha value is -1.70. The second-order valence-corrected chi connectivity index (χ2v) is 3.11. The molecule has 0 saturated heterocycles. The van der Waals surface area contributed by atoms with Crippen molar-refractivity contribution in [1.82, 2.24) is 0 Å². The van der Waals surface area contributed by atoms with Gasteiger partial charge in [-0.3, -0.25) is 9.98 Å². The molecule has 0 atom stereocenters. The highest BCUT2D eigenvalue weighted by molar-refractivity contribution is 5.65. The molecule has 2 nitrogen and oxygen atoms in total. The van der Waals surface area contributed by atoms with Gasteiger partial charge in [0.25, 0.3) is 0 Å². The molecule has 1 aliphatic rings. The van der Waals surface area contributed by atoms with E-state index in [2.05, 4.69) is 23.1 Å². The van der Waals surface area contributed by atoms with Crippen molar-refractivity contribution in [3.63, 3.8) is 0 Å². The molecule has 0 radical (unpaired) electrons. The topological polar surface area (TPSA) is 24.7 Å². The Labute approximate surface area is 91.1 Å². The number of allylic oxidation sites excluding steroid dienone is 4. The van der Waals surface area contributed by atoms with Crippen molar-refractivity contribution < 1.29 is 0 Å². The first-order valence-electron chi connectivity index (χ1n) is 4.97. The Kier molecular flexibility index (Phi) is 3.98. The number of nitrogens with zero attached hydrogens (tertiary/aromatic N) is 2. The van der Waals surface area contributed by atoms with Crippen LogP contribution in [0.25, 0.3) is 0 Å². The third kappa shape index (κ3) is 2.21. The first kappa shape index (κ1) is 11.4. The summed E-state index contributed by atoms with van der Waals surface area (Å²) in [5.41, 5.74) is 4.06. The van der Waals surface area contributed by atoms with E-state index < -0.39 is 0 Å². The van der Waals surface area contributed by atoms with Crippen molar-refractivity contribution >= 4 is 12.4 Å². The molecule has 0 amide bonds. The molecule has 1 rings (SSSR count). The second kappa shape index (κ2) is 5.25. The summed E-state index contributed by atoms with van der Waals surface area (Å²) in [6.45, 7) is 11.4. The van der Waals surface area contributed by atoms with Gasteiger partial charge in [0.15, 0.2) is 0 Å². The molecule has 0 aromatic carbocycles. The summed E-state index contributed by atoms with van der Waals surface area (Å²) in [7, 11) is 0. The number of hydrogen-bond acceptors (Lipinski definition) is 2. The van der Waals surface area contributed by atoms with Crippen molar-refractivity contribution in [3.05, 3.63) is 47.9 Å². The van der Waals surface area contributed by atoms with Crippen molar-refractivity contribution in [2.45, 2.75) is 20.3 Å². The predicted molar refractivity (Wildman–Crippen MR) is 67.4 cm³/mol. The lowest BCUT2D eigenvalue weighted by atomic mass is 10.1. The molecule has 0 bridgehead atoms. The van der Waals surface area contributed by atoms with Gasteiger partial charge in [-0.1, -0.05) is 25.3 Å². The maximum Gasteiger partial charge on any atom is 0.0919 e. The van der Waals surface area contributed by atoms with Crippen LogP contribution < -0.4 is 0 Å². The normalized spacial score (nSPS) is 17.2. The molecule has 0 aliphatic heterocycles. The van der Waals surface area contributed by atoms with Crippen LogP contribution in [-0.2, 0) is 0 Å². The molecule has 2 heteroatoms. The highest BCUT2D eigenvalue weighted by Gasteiger charge is 2.19. The van der Waals surface area contributed by atoms with Crippen LogP contribution in [0.3, 0.4) is 0 Å². The fourth-order valence-corrected chi connectivity index (χ4v) is 1.56. The summed E-state index contributed by atoms with van der Waals surface area (Å²) in [6, 6.07) is 0. The third-order valence-corrected chi connectivity index (χ3v) is 2.22. The highest BCUT2D eigenvalue weighted by atomic mass is 14.9.